The van der Waals surface area contributed by atoms with Gasteiger partial charge in [-0.2, -0.15) is 0 Å². The summed E-state index contributed by atoms with van der Waals surface area (Å²) >= 11 is 0. The molecule has 0 bridgehead atoms. The van der Waals surface area contributed by atoms with Crippen LogP contribution in [0.1, 0.15) is 55.5 Å². The van der Waals surface area contributed by atoms with Crippen molar-refractivity contribution in [2.45, 2.75) is 46.5 Å². The van der Waals surface area contributed by atoms with Crippen LogP contribution in [-0.4, -0.2) is 30.3 Å². The molecule has 1 aliphatic rings. The molecule has 116 valence electrons. The SMILES string of the molecule is Cc1ccccc1C(=O)CCCCN1CC(C)CC(C)C1. The molecule has 1 heterocycles. The van der Waals surface area contributed by atoms with Gasteiger partial charge in [-0.05, 0) is 50.1 Å². The number of likely N-dealkylation sites (tertiary alicyclic amines) is 1. The Morgan fingerprint density at radius 1 is 1.14 bits per heavy atom. The summed E-state index contributed by atoms with van der Waals surface area (Å²) < 4.78 is 0. The highest BCUT2D eigenvalue weighted by molar-refractivity contribution is 5.97. The lowest BCUT2D eigenvalue weighted by molar-refractivity contribution is 0.0973. The number of rotatable bonds is 6. The van der Waals surface area contributed by atoms with Crippen LogP contribution < -0.4 is 0 Å². The third-order valence-electron chi connectivity index (χ3n) is 4.52. The number of carbonyl (C=O) groups is 1. The maximum absolute atomic E-state index is 12.2. The highest BCUT2D eigenvalue weighted by atomic mass is 16.1. The molecule has 1 aliphatic heterocycles. The number of unbranched alkanes of at least 4 members (excludes halogenated alkanes) is 1. The predicted molar refractivity (Wildman–Crippen MR) is 88.7 cm³/mol. The van der Waals surface area contributed by atoms with E-state index in [1.165, 1.54) is 19.5 Å². The van der Waals surface area contributed by atoms with Crippen molar-refractivity contribution in [1.29, 1.82) is 0 Å². The first kappa shape index (κ1) is 16.2. The van der Waals surface area contributed by atoms with Crippen molar-refractivity contribution in [3.63, 3.8) is 0 Å². The number of ketones is 1. The number of hydrogen-bond acceptors (Lipinski definition) is 2. The minimum Gasteiger partial charge on any atom is -0.303 e. The highest BCUT2D eigenvalue weighted by Gasteiger charge is 2.21. The molecule has 0 aromatic heterocycles. The standard InChI is InChI=1S/C19H29NO/c1-15-12-16(2)14-20(13-15)11-7-6-10-19(21)18-9-5-4-8-17(18)3/h4-5,8-9,15-16H,6-7,10-14H2,1-3H3. The van der Waals surface area contributed by atoms with Gasteiger partial charge in [0.1, 0.15) is 0 Å². The van der Waals surface area contributed by atoms with Crippen molar-refractivity contribution in [2.75, 3.05) is 19.6 Å². The van der Waals surface area contributed by atoms with Gasteiger partial charge in [0.05, 0.1) is 0 Å². The predicted octanol–water partition coefficient (Wildman–Crippen LogP) is 4.33. The van der Waals surface area contributed by atoms with Crippen LogP contribution in [0.15, 0.2) is 24.3 Å². The zero-order valence-electron chi connectivity index (χ0n) is 13.8. The molecule has 0 radical (unpaired) electrons. The lowest BCUT2D eigenvalue weighted by atomic mass is 9.92. The van der Waals surface area contributed by atoms with Gasteiger partial charge in [0.25, 0.3) is 0 Å². The molecule has 2 heteroatoms. The minimum absolute atomic E-state index is 0.300. The summed E-state index contributed by atoms with van der Waals surface area (Å²) in [5.74, 6) is 1.94. The molecule has 2 atom stereocenters. The number of hydrogen-bond donors (Lipinski definition) is 0. The summed E-state index contributed by atoms with van der Waals surface area (Å²) in [7, 11) is 0. The van der Waals surface area contributed by atoms with Gasteiger partial charge in [0, 0.05) is 25.1 Å². The van der Waals surface area contributed by atoms with Crippen molar-refractivity contribution in [3.8, 4) is 0 Å². The van der Waals surface area contributed by atoms with Crippen LogP contribution in [0.2, 0.25) is 0 Å². The van der Waals surface area contributed by atoms with Crippen LogP contribution in [0.25, 0.3) is 0 Å². The summed E-state index contributed by atoms with van der Waals surface area (Å²) in [6.45, 7) is 10.3. The first-order valence-corrected chi connectivity index (χ1v) is 8.37. The van der Waals surface area contributed by atoms with Crippen LogP contribution >= 0.6 is 0 Å². The van der Waals surface area contributed by atoms with Crippen LogP contribution in [0, 0.1) is 18.8 Å². The van der Waals surface area contributed by atoms with E-state index in [1.807, 2.05) is 31.2 Å². The van der Waals surface area contributed by atoms with Crippen LogP contribution in [0.4, 0.5) is 0 Å². The molecule has 2 nitrogen and oxygen atoms in total. The van der Waals surface area contributed by atoms with Gasteiger partial charge in [-0.1, -0.05) is 38.1 Å². The largest absolute Gasteiger partial charge is 0.303 e. The number of Topliss-reactive ketones (excluding diaryl/α,β-unsaturated/α-hetero) is 1. The van der Waals surface area contributed by atoms with Gasteiger partial charge >= 0.3 is 0 Å². The number of nitrogens with zero attached hydrogens (tertiary/aromatic N) is 1. The molecular formula is C19H29NO. The van der Waals surface area contributed by atoms with E-state index in [0.717, 1.165) is 42.3 Å². The monoisotopic (exact) mass is 287 g/mol. The summed E-state index contributed by atoms with van der Waals surface area (Å²) in [6, 6.07) is 7.91. The fraction of sp³-hybridized carbons (Fsp3) is 0.632. The molecule has 1 aromatic rings. The lowest BCUT2D eigenvalue weighted by Crippen LogP contribution is -2.39. The maximum atomic E-state index is 12.2. The lowest BCUT2D eigenvalue weighted by Gasteiger charge is -2.34. The van der Waals surface area contributed by atoms with Gasteiger partial charge < -0.3 is 4.90 Å². The summed E-state index contributed by atoms with van der Waals surface area (Å²) in [5.41, 5.74) is 2.00. The van der Waals surface area contributed by atoms with Gasteiger partial charge in [0.15, 0.2) is 5.78 Å². The zero-order valence-corrected chi connectivity index (χ0v) is 13.8. The van der Waals surface area contributed by atoms with Gasteiger partial charge in [0.2, 0.25) is 0 Å². The van der Waals surface area contributed by atoms with Crippen molar-refractivity contribution in [1.82, 2.24) is 4.90 Å². The zero-order chi connectivity index (χ0) is 15.2. The Labute approximate surface area is 129 Å². The van der Waals surface area contributed by atoms with Crippen molar-refractivity contribution in [3.05, 3.63) is 35.4 Å². The van der Waals surface area contributed by atoms with E-state index in [9.17, 15) is 4.79 Å². The minimum atomic E-state index is 0.300. The first-order valence-electron chi connectivity index (χ1n) is 8.37. The Hall–Kier alpha value is -1.15. The van der Waals surface area contributed by atoms with Crippen molar-refractivity contribution in [2.24, 2.45) is 11.8 Å². The van der Waals surface area contributed by atoms with Gasteiger partial charge in [-0.25, -0.2) is 0 Å². The summed E-state index contributed by atoms with van der Waals surface area (Å²) in [6.07, 6.45) is 4.19. The molecule has 1 fully saturated rings. The van der Waals surface area contributed by atoms with E-state index >= 15 is 0 Å². The molecular weight excluding hydrogens is 258 g/mol. The Morgan fingerprint density at radius 3 is 2.48 bits per heavy atom. The second-order valence-electron chi connectivity index (χ2n) is 6.90. The molecule has 0 spiro atoms. The fourth-order valence-corrected chi connectivity index (χ4v) is 3.62. The number of carbonyl (C=O) groups excluding carboxylic acids is 1. The summed E-state index contributed by atoms with van der Waals surface area (Å²) in [5, 5.41) is 0. The number of piperidine rings is 1. The summed E-state index contributed by atoms with van der Waals surface area (Å²) in [4.78, 5) is 14.8. The molecule has 0 saturated carbocycles. The van der Waals surface area contributed by atoms with Gasteiger partial charge in [-0.3, -0.25) is 4.79 Å². The molecule has 0 aliphatic carbocycles. The Morgan fingerprint density at radius 2 is 1.81 bits per heavy atom. The van der Waals surface area contributed by atoms with Crippen LogP contribution in [0.3, 0.4) is 0 Å². The number of aryl methyl sites for hydroxylation is 1. The second kappa shape index (κ2) is 7.74. The average Bonchev–Trinajstić information content (AvgIpc) is 2.43. The third kappa shape index (κ3) is 4.96. The molecule has 2 unspecified atom stereocenters. The second-order valence-corrected chi connectivity index (χ2v) is 6.90. The smallest absolute Gasteiger partial charge is 0.163 e. The Bertz CT molecular complexity index is 458. The molecule has 0 N–H and O–H groups in total. The van der Waals surface area contributed by atoms with E-state index in [4.69, 9.17) is 0 Å². The fourth-order valence-electron chi connectivity index (χ4n) is 3.62. The van der Waals surface area contributed by atoms with Crippen molar-refractivity contribution < 1.29 is 4.79 Å². The molecule has 1 aromatic carbocycles. The van der Waals surface area contributed by atoms with E-state index in [0.29, 0.717) is 12.2 Å². The van der Waals surface area contributed by atoms with Crippen molar-refractivity contribution >= 4 is 5.78 Å². The molecule has 21 heavy (non-hydrogen) atoms. The molecule has 2 rings (SSSR count). The van der Waals surface area contributed by atoms with E-state index < -0.39 is 0 Å². The van der Waals surface area contributed by atoms with Gasteiger partial charge in [-0.15, -0.1) is 0 Å². The average molecular weight is 287 g/mol. The maximum Gasteiger partial charge on any atom is 0.163 e. The van der Waals surface area contributed by atoms with Crippen LogP contribution in [0.5, 0.6) is 0 Å². The Kier molecular flexibility index (Phi) is 5.98. The highest BCUT2D eigenvalue weighted by Crippen LogP contribution is 2.21. The van der Waals surface area contributed by atoms with E-state index in [-0.39, 0.29) is 0 Å². The normalized spacial score (nSPS) is 23.2. The van der Waals surface area contributed by atoms with Crippen LogP contribution in [-0.2, 0) is 0 Å². The van der Waals surface area contributed by atoms with E-state index in [1.54, 1.807) is 0 Å². The molecule has 1 saturated heterocycles. The third-order valence-corrected chi connectivity index (χ3v) is 4.52. The number of benzene rings is 1. The quantitative estimate of drug-likeness (QED) is 0.573. The first-order chi connectivity index (χ1) is 10.1. The molecule has 0 amide bonds. The Balaban J connectivity index is 1.70. The van der Waals surface area contributed by atoms with E-state index in [2.05, 4.69) is 18.7 Å². The topological polar surface area (TPSA) is 20.3 Å².